The lowest BCUT2D eigenvalue weighted by molar-refractivity contribution is 0.694. The Labute approximate surface area is 130 Å². The van der Waals surface area contributed by atoms with Crippen molar-refractivity contribution in [3.8, 4) is 0 Å². The van der Waals surface area contributed by atoms with Crippen LogP contribution in [0.15, 0.2) is 60.7 Å². The molecular weight excluding hydrogens is 278 g/mol. The van der Waals surface area contributed by atoms with Crippen LogP contribution in [-0.2, 0) is 13.1 Å². The fourth-order valence-corrected chi connectivity index (χ4v) is 2.86. The predicted molar refractivity (Wildman–Crippen MR) is 90.7 cm³/mol. The average molecular weight is 296 g/mol. The van der Waals surface area contributed by atoms with E-state index in [1.54, 1.807) is 0 Å². The third kappa shape index (κ3) is 3.26. The van der Waals surface area contributed by atoms with Crippen molar-refractivity contribution in [2.24, 2.45) is 0 Å². The van der Waals surface area contributed by atoms with Gasteiger partial charge in [-0.15, -0.1) is 0 Å². The van der Waals surface area contributed by atoms with Gasteiger partial charge in [0.25, 0.3) is 0 Å². The van der Waals surface area contributed by atoms with Crippen molar-refractivity contribution in [2.75, 3.05) is 0 Å². The van der Waals surface area contributed by atoms with E-state index < -0.39 is 0 Å². The minimum Gasteiger partial charge on any atom is -0.309 e. The summed E-state index contributed by atoms with van der Waals surface area (Å²) in [6.45, 7) is 3.82. The Morgan fingerprint density at radius 2 is 1.62 bits per heavy atom. The highest BCUT2D eigenvalue weighted by Gasteiger charge is 2.02. The fraction of sp³-hybridized carbons (Fsp3) is 0.158. The van der Waals surface area contributed by atoms with Crippen LogP contribution in [0.5, 0.6) is 0 Å². The summed E-state index contributed by atoms with van der Waals surface area (Å²) in [6.07, 6.45) is 0. The molecule has 21 heavy (non-hydrogen) atoms. The smallest absolute Gasteiger partial charge is 0.0408 e. The van der Waals surface area contributed by atoms with Crippen LogP contribution >= 0.6 is 11.6 Å². The number of fused-ring (bicyclic) bond motifs is 1. The molecule has 0 unspecified atom stereocenters. The third-order valence-electron chi connectivity index (χ3n) is 3.82. The van der Waals surface area contributed by atoms with Crippen LogP contribution in [0, 0.1) is 6.92 Å². The van der Waals surface area contributed by atoms with Crippen LogP contribution in [0.4, 0.5) is 0 Å². The van der Waals surface area contributed by atoms with Gasteiger partial charge in [-0.05, 0) is 46.5 Å². The lowest BCUT2D eigenvalue weighted by Gasteiger charge is -2.10. The number of rotatable bonds is 4. The van der Waals surface area contributed by atoms with Gasteiger partial charge in [0.1, 0.15) is 0 Å². The van der Waals surface area contributed by atoms with Gasteiger partial charge in [-0.25, -0.2) is 0 Å². The predicted octanol–water partition coefficient (Wildman–Crippen LogP) is 5.09. The van der Waals surface area contributed by atoms with Gasteiger partial charge in [0.05, 0.1) is 0 Å². The summed E-state index contributed by atoms with van der Waals surface area (Å²) >= 11 is 5.99. The molecule has 3 rings (SSSR count). The van der Waals surface area contributed by atoms with Crippen LogP contribution < -0.4 is 5.32 Å². The molecule has 0 aliphatic rings. The molecule has 0 spiro atoms. The number of aryl methyl sites for hydroxylation is 1. The zero-order valence-corrected chi connectivity index (χ0v) is 12.8. The Morgan fingerprint density at radius 1 is 0.857 bits per heavy atom. The van der Waals surface area contributed by atoms with Crippen molar-refractivity contribution in [3.05, 3.63) is 82.4 Å². The summed E-state index contributed by atoms with van der Waals surface area (Å²) in [5.41, 5.74) is 3.85. The molecule has 0 fully saturated rings. The summed E-state index contributed by atoms with van der Waals surface area (Å²) in [5, 5.41) is 6.93. The third-order valence-corrected chi connectivity index (χ3v) is 4.05. The van der Waals surface area contributed by atoms with Gasteiger partial charge in [-0.1, -0.05) is 60.1 Å². The largest absolute Gasteiger partial charge is 0.309 e. The van der Waals surface area contributed by atoms with Crippen molar-refractivity contribution >= 4 is 22.4 Å². The first-order chi connectivity index (χ1) is 10.2. The van der Waals surface area contributed by atoms with Crippen molar-refractivity contribution in [3.63, 3.8) is 0 Å². The zero-order valence-electron chi connectivity index (χ0n) is 12.1. The molecular formula is C19H18ClN. The second kappa shape index (κ2) is 6.30. The van der Waals surface area contributed by atoms with Gasteiger partial charge in [0.2, 0.25) is 0 Å². The monoisotopic (exact) mass is 295 g/mol. The van der Waals surface area contributed by atoms with Gasteiger partial charge in [0.15, 0.2) is 0 Å². The topological polar surface area (TPSA) is 12.0 Å². The molecule has 0 aromatic heterocycles. The summed E-state index contributed by atoms with van der Waals surface area (Å²) in [6, 6.07) is 21.0. The Morgan fingerprint density at radius 3 is 2.48 bits per heavy atom. The molecule has 1 nitrogen and oxygen atoms in total. The number of benzene rings is 3. The zero-order chi connectivity index (χ0) is 14.7. The second-order valence-electron chi connectivity index (χ2n) is 5.31. The van der Waals surface area contributed by atoms with Crippen molar-refractivity contribution in [2.45, 2.75) is 20.0 Å². The first-order valence-corrected chi connectivity index (χ1v) is 7.54. The highest BCUT2D eigenvalue weighted by atomic mass is 35.5. The Bertz CT molecular complexity index is 759. The molecule has 3 aromatic carbocycles. The lowest BCUT2D eigenvalue weighted by Crippen LogP contribution is -2.13. The number of nitrogens with one attached hydrogen (secondary N) is 1. The Kier molecular flexibility index (Phi) is 4.23. The number of hydrogen-bond donors (Lipinski definition) is 1. The number of hydrogen-bond acceptors (Lipinski definition) is 1. The SMILES string of the molecule is Cc1cc(Cl)ccc1CNCc1cccc2ccccc12. The normalized spacial score (nSPS) is 11.0. The van der Waals surface area contributed by atoms with E-state index in [2.05, 4.69) is 60.8 Å². The maximum atomic E-state index is 5.99. The minimum atomic E-state index is 0.797. The molecule has 3 aromatic rings. The maximum Gasteiger partial charge on any atom is 0.0408 e. The van der Waals surface area contributed by atoms with Crippen molar-refractivity contribution in [1.82, 2.24) is 5.32 Å². The average Bonchev–Trinajstić information content (AvgIpc) is 2.50. The molecule has 0 heterocycles. The Hall–Kier alpha value is -1.83. The van der Waals surface area contributed by atoms with E-state index in [-0.39, 0.29) is 0 Å². The highest BCUT2D eigenvalue weighted by Crippen LogP contribution is 2.19. The van der Waals surface area contributed by atoms with Crippen LogP contribution in [0.25, 0.3) is 10.8 Å². The molecule has 1 N–H and O–H groups in total. The van der Waals surface area contributed by atoms with Crippen LogP contribution in [0.1, 0.15) is 16.7 Å². The van der Waals surface area contributed by atoms with E-state index in [4.69, 9.17) is 11.6 Å². The van der Waals surface area contributed by atoms with E-state index in [1.807, 2.05) is 12.1 Å². The molecule has 0 saturated carbocycles. The molecule has 0 radical (unpaired) electrons. The highest BCUT2D eigenvalue weighted by molar-refractivity contribution is 6.30. The van der Waals surface area contributed by atoms with Crippen LogP contribution in [0.3, 0.4) is 0 Å². The standard InChI is InChI=1S/C19H18ClN/c1-14-11-18(20)10-9-16(14)12-21-13-17-7-4-6-15-5-2-3-8-19(15)17/h2-11,21H,12-13H2,1H3. The van der Waals surface area contributed by atoms with Gasteiger partial charge in [-0.3, -0.25) is 0 Å². The summed E-state index contributed by atoms with van der Waals surface area (Å²) in [4.78, 5) is 0. The molecule has 106 valence electrons. The minimum absolute atomic E-state index is 0.797. The molecule has 0 aliphatic carbocycles. The second-order valence-corrected chi connectivity index (χ2v) is 5.75. The lowest BCUT2D eigenvalue weighted by atomic mass is 10.0. The van der Waals surface area contributed by atoms with Gasteiger partial charge < -0.3 is 5.32 Å². The Balaban J connectivity index is 1.72. The van der Waals surface area contributed by atoms with E-state index in [0.29, 0.717) is 0 Å². The first-order valence-electron chi connectivity index (χ1n) is 7.16. The van der Waals surface area contributed by atoms with Gasteiger partial charge in [-0.2, -0.15) is 0 Å². The number of halogens is 1. The molecule has 0 aliphatic heterocycles. The van der Waals surface area contributed by atoms with E-state index in [0.717, 1.165) is 18.1 Å². The van der Waals surface area contributed by atoms with E-state index in [1.165, 1.54) is 27.5 Å². The van der Waals surface area contributed by atoms with Gasteiger partial charge in [0, 0.05) is 18.1 Å². The molecule has 0 atom stereocenters. The van der Waals surface area contributed by atoms with Gasteiger partial charge >= 0.3 is 0 Å². The fourth-order valence-electron chi connectivity index (χ4n) is 2.64. The molecule has 2 heteroatoms. The van der Waals surface area contributed by atoms with Crippen LogP contribution in [-0.4, -0.2) is 0 Å². The molecule has 0 bridgehead atoms. The quantitative estimate of drug-likeness (QED) is 0.707. The van der Waals surface area contributed by atoms with E-state index >= 15 is 0 Å². The van der Waals surface area contributed by atoms with Crippen molar-refractivity contribution in [1.29, 1.82) is 0 Å². The first kappa shape index (κ1) is 14.1. The molecule has 0 amide bonds. The molecule has 0 saturated heterocycles. The summed E-state index contributed by atoms with van der Waals surface area (Å²) in [7, 11) is 0. The summed E-state index contributed by atoms with van der Waals surface area (Å²) < 4.78 is 0. The van der Waals surface area contributed by atoms with Crippen LogP contribution in [0.2, 0.25) is 5.02 Å². The maximum absolute atomic E-state index is 5.99. The van der Waals surface area contributed by atoms with Crippen molar-refractivity contribution < 1.29 is 0 Å². The van der Waals surface area contributed by atoms with E-state index in [9.17, 15) is 0 Å². The summed E-state index contributed by atoms with van der Waals surface area (Å²) in [5.74, 6) is 0.